The Labute approximate surface area is 213 Å². The van der Waals surface area contributed by atoms with E-state index in [0.29, 0.717) is 23.4 Å². The normalized spacial score (nSPS) is 22.9. The summed E-state index contributed by atoms with van der Waals surface area (Å²) in [4.78, 5) is 11.3. The van der Waals surface area contributed by atoms with Gasteiger partial charge in [0, 0.05) is 52.4 Å². The van der Waals surface area contributed by atoms with Crippen LogP contribution >= 0.6 is 15.9 Å². The van der Waals surface area contributed by atoms with Gasteiger partial charge in [0.05, 0.1) is 16.8 Å². The van der Waals surface area contributed by atoms with Crippen LogP contribution in [0, 0.1) is 0 Å². The van der Waals surface area contributed by atoms with E-state index >= 15 is 0 Å². The van der Waals surface area contributed by atoms with E-state index < -0.39 is 10.0 Å². The Morgan fingerprint density at radius 2 is 1.56 bits per heavy atom. The summed E-state index contributed by atoms with van der Waals surface area (Å²) < 4.78 is 33.9. The molecule has 0 spiro atoms. The van der Waals surface area contributed by atoms with Crippen molar-refractivity contribution in [2.45, 2.75) is 49.7 Å². The van der Waals surface area contributed by atoms with Crippen LogP contribution in [0.5, 0.6) is 5.88 Å². The number of aliphatic hydroxyl groups excluding tert-OH is 1. The summed E-state index contributed by atoms with van der Waals surface area (Å²) >= 11 is 3.43. The molecular formula is C23H40BrN5O4S. The van der Waals surface area contributed by atoms with Gasteiger partial charge in [0.2, 0.25) is 15.9 Å². The quantitative estimate of drug-likeness (QED) is 0.581. The van der Waals surface area contributed by atoms with Crippen molar-refractivity contribution >= 4 is 26.0 Å². The third-order valence-corrected chi connectivity index (χ3v) is 9.26. The third kappa shape index (κ3) is 7.84. The SMILES string of the molecule is CCN1CCN(S(=O)(=O)c2cnc(OC3CCN(C)CC3)c(Br)c2)CC1.CN1CCC(O)CC1. The molecule has 3 aliphatic heterocycles. The molecule has 0 radical (unpaired) electrons. The van der Waals surface area contributed by atoms with Crippen LogP contribution in [-0.4, -0.2) is 123 Å². The van der Waals surface area contributed by atoms with Crippen molar-refractivity contribution in [2.24, 2.45) is 0 Å². The second kappa shape index (κ2) is 12.9. The van der Waals surface area contributed by atoms with Crippen molar-refractivity contribution in [2.75, 3.05) is 73.0 Å². The molecule has 3 fully saturated rings. The Morgan fingerprint density at radius 1 is 1.00 bits per heavy atom. The van der Waals surface area contributed by atoms with Crippen molar-refractivity contribution in [1.82, 2.24) is 24.0 Å². The zero-order valence-electron chi connectivity index (χ0n) is 20.7. The van der Waals surface area contributed by atoms with Gasteiger partial charge in [-0.3, -0.25) is 0 Å². The van der Waals surface area contributed by atoms with Gasteiger partial charge < -0.3 is 24.5 Å². The molecule has 0 aromatic carbocycles. The van der Waals surface area contributed by atoms with Crippen molar-refractivity contribution in [3.63, 3.8) is 0 Å². The van der Waals surface area contributed by atoms with Gasteiger partial charge in [0.1, 0.15) is 11.0 Å². The van der Waals surface area contributed by atoms with Gasteiger partial charge in [-0.2, -0.15) is 4.31 Å². The number of ether oxygens (including phenoxy) is 1. The third-order valence-electron chi connectivity index (χ3n) is 6.83. The Morgan fingerprint density at radius 3 is 2.06 bits per heavy atom. The van der Waals surface area contributed by atoms with E-state index in [1.807, 2.05) is 0 Å². The van der Waals surface area contributed by atoms with E-state index in [4.69, 9.17) is 9.84 Å². The molecule has 11 heteroatoms. The summed E-state index contributed by atoms with van der Waals surface area (Å²) in [6.07, 6.45) is 5.33. The Bertz CT molecular complexity index is 856. The van der Waals surface area contributed by atoms with Gasteiger partial charge in [-0.25, -0.2) is 13.4 Å². The number of aromatic nitrogens is 1. The summed E-state index contributed by atoms with van der Waals surface area (Å²) in [5, 5.41) is 9.00. The van der Waals surface area contributed by atoms with E-state index in [0.717, 1.165) is 71.5 Å². The predicted molar refractivity (Wildman–Crippen MR) is 137 cm³/mol. The fourth-order valence-corrected chi connectivity index (χ4v) is 6.32. The molecule has 194 valence electrons. The highest BCUT2D eigenvalue weighted by molar-refractivity contribution is 9.10. The molecular weight excluding hydrogens is 522 g/mol. The molecule has 0 saturated carbocycles. The van der Waals surface area contributed by atoms with Gasteiger partial charge in [-0.15, -0.1) is 0 Å². The number of halogens is 1. The van der Waals surface area contributed by atoms with Crippen LogP contribution in [0.2, 0.25) is 0 Å². The molecule has 0 unspecified atom stereocenters. The van der Waals surface area contributed by atoms with Crippen LogP contribution in [0.3, 0.4) is 0 Å². The van der Waals surface area contributed by atoms with Crippen molar-refractivity contribution in [1.29, 1.82) is 0 Å². The van der Waals surface area contributed by atoms with Crippen LogP contribution in [0.1, 0.15) is 32.6 Å². The highest BCUT2D eigenvalue weighted by Crippen LogP contribution is 2.29. The maximum Gasteiger partial charge on any atom is 0.244 e. The van der Waals surface area contributed by atoms with E-state index in [9.17, 15) is 8.42 Å². The van der Waals surface area contributed by atoms with Crippen LogP contribution < -0.4 is 4.74 Å². The molecule has 1 aromatic rings. The largest absolute Gasteiger partial charge is 0.473 e. The second-order valence-electron chi connectivity index (χ2n) is 9.45. The van der Waals surface area contributed by atoms with Gasteiger partial charge >= 0.3 is 0 Å². The average Bonchev–Trinajstić information content (AvgIpc) is 2.84. The Hall–Kier alpha value is -0.820. The number of nitrogens with zero attached hydrogens (tertiary/aromatic N) is 5. The number of piperidine rings is 2. The Kier molecular flexibility index (Phi) is 10.6. The van der Waals surface area contributed by atoms with Gasteiger partial charge in [-0.05, 0) is 68.3 Å². The highest BCUT2D eigenvalue weighted by atomic mass is 79.9. The minimum Gasteiger partial charge on any atom is -0.473 e. The first kappa shape index (κ1) is 27.8. The fraction of sp³-hybridized carbons (Fsp3) is 0.783. The summed E-state index contributed by atoms with van der Waals surface area (Å²) in [6.45, 7) is 9.71. The standard InChI is InChI=1S/C17H27BrN4O3S.C6H13NO/c1-3-21-8-10-22(11-9-21)26(23,24)15-12-16(18)17(19-13-15)25-14-4-6-20(2)7-5-14;1-7-4-2-6(8)3-5-7/h12-14H,3-11H2,1-2H3;6,8H,2-5H2,1H3. The van der Waals surface area contributed by atoms with E-state index in [2.05, 4.69) is 56.6 Å². The van der Waals surface area contributed by atoms with Crippen LogP contribution in [0.15, 0.2) is 21.6 Å². The number of likely N-dealkylation sites (tertiary alicyclic amines) is 2. The molecule has 0 amide bonds. The molecule has 34 heavy (non-hydrogen) atoms. The molecule has 0 bridgehead atoms. The maximum atomic E-state index is 12.9. The summed E-state index contributed by atoms with van der Waals surface area (Å²) in [6, 6.07) is 1.61. The van der Waals surface area contributed by atoms with Crippen LogP contribution in [-0.2, 0) is 10.0 Å². The number of rotatable bonds is 5. The number of sulfonamides is 1. The first-order chi connectivity index (χ1) is 16.2. The fourth-order valence-electron chi connectivity index (χ4n) is 4.33. The first-order valence-corrected chi connectivity index (χ1v) is 14.5. The monoisotopic (exact) mass is 561 g/mol. The Balaban J connectivity index is 0.000000343. The summed E-state index contributed by atoms with van der Waals surface area (Å²) in [7, 11) is 0.669. The predicted octanol–water partition coefficient (Wildman–Crippen LogP) is 1.72. The van der Waals surface area contributed by atoms with Crippen molar-refractivity contribution in [3.05, 3.63) is 16.7 Å². The van der Waals surface area contributed by atoms with Crippen LogP contribution in [0.4, 0.5) is 0 Å². The number of hydrogen-bond donors (Lipinski definition) is 1. The highest BCUT2D eigenvalue weighted by Gasteiger charge is 2.29. The van der Waals surface area contributed by atoms with E-state index in [1.54, 1.807) is 10.4 Å². The lowest BCUT2D eigenvalue weighted by molar-refractivity contribution is 0.0942. The van der Waals surface area contributed by atoms with Crippen molar-refractivity contribution < 1.29 is 18.3 Å². The van der Waals surface area contributed by atoms with Crippen LogP contribution in [0.25, 0.3) is 0 Å². The molecule has 1 N–H and O–H groups in total. The molecule has 0 aliphatic carbocycles. The zero-order valence-corrected chi connectivity index (χ0v) is 23.1. The lowest BCUT2D eigenvalue weighted by Crippen LogP contribution is -2.48. The number of piperazine rings is 1. The van der Waals surface area contributed by atoms with Gasteiger partial charge in [0.15, 0.2) is 0 Å². The molecule has 3 aliphatic rings. The molecule has 1 aromatic heterocycles. The lowest BCUT2D eigenvalue weighted by Gasteiger charge is -2.33. The molecule has 4 heterocycles. The zero-order chi connectivity index (χ0) is 24.7. The maximum absolute atomic E-state index is 12.9. The lowest BCUT2D eigenvalue weighted by atomic mass is 10.1. The molecule has 0 atom stereocenters. The van der Waals surface area contributed by atoms with Gasteiger partial charge in [-0.1, -0.05) is 6.92 Å². The first-order valence-electron chi connectivity index (χ1n) is 12.3. The molecule has 9 nitrogen and oxygen atoms in total. The molecule has 4 rings (SSSR count). The number of likely N-dealkylation sites (N-methyl/N-ethyl adjacent to an activating group) is 1. The number of hydrogen-bond acceptors (Lipinski definition) is 8. The number of aliphatic hydroxyl groups is 1. The smallest absolute Gasteiger partial charge is 0.244 e. The minimum absolute atomic E-state index is 0.0220. The summed E-state index contributed by atoms with van der Waals surface area (Å²) in [5.41, 5.74) is 0. The van der Waals surface area contributed by atoms with Gasteiger partial charge in [0.25, 0.3) is 0 Å². The average molecular weight is 563 g/mol. The van der Waals surface area contributed by atoms with Crippen molar-refractivity contribution in [3.8, 4) is 5.88 Å². The van der Waals surface area contributed by atoms with E-state index in [1.165, 1.54) is 6.20 Å². The topological polar surface area (TPSA) is 89.5 Å². The number of pyridine rings is 1. The molecule has 3 saturated heterocycles. The summed E-state index contributed by atoms with van der Waals surface area (Å²) in [5.74, 6) is 0.467. The second-order valence-corrected chi connectivity index (χ2v) is 12.2. The minimum atomic E-state index is -3.52. The van der Waals surface area contributed by atoms with E-state index in [-0.39, 0.29) is 17.1 Å².